The van der Waals surface area contributed by atoms with E-state index in [4.69, 9.17) is 9.47 Å². The van der Waals surface area contributed by atoms with Gasteiger partial charge in [-0.05, 0) is 112 Å². The molecule has 0 bridgehead atoms. The Kier molecular flexibility index (Phi) is 8.48. The molecule has 8 unspecified atom stereocenters. The van der Waals surface area contributed by atoms with Crippen LogP contribution < -0.4 is 0 Å². The number of rotatable bonds is 7. The van der Waals surface area contributed by atoms with Gasteiger partial charge in [0.15, 0.2) is 0 Å². The molecule has 8 atom stereocenters. The largest absolute Gasteiger partial charge is 0.390 e. The van der Waals surface area contributed by atoms with E-state index < -0.39 is 11.7 Å². The predicted molar refractivity (Wildman–Crippen MR) is 142 cm³/mol. The Morgan fingerprint density at radius 1 is 1.06 bits per heavy atom. The van der Waals surface area contributed by atoms with Crippen molar-refractivity contribution in [2.45, 2.75) is 124 Å². The summed E-state index contributed by atoms with van der Waals surface area (Å²) < 4.78 is 11.5. The van der Waals surface area contributed by atoms with Gasteiger partial charge in [0.25, 0.3) is 0 Å². The van der Waals surface area contributed by atoms with Crippen LogP contribution in [0.15, 0.2) is 11.6 Å². The van der Waals surface area contributed by atoms with Crippen molar-refractivity contribution in [3.8, 4) is 0 Å². The first-order chi connectivity index (χ1) is 16.6. The molecule has 0 radical (unpaired) electrons. The fraction of sp³-hybridized carbons (Fsp3) is 0.935. The van der Waals surface area contributed by atoms with Crippen molar-refractivity contribution >= 4 is 0 Å². The van der Waals surface area contributed by atoms with Gasteiger partial charge in [0, 0.05) is 5.92 Å². The van der Waals surface area contributed by atoms with Crippen molar-refractivity contribution in [2.75, 3.05) is 19.8 Å². The molecule has 3 saturated carbocycles. The minimum Gasteiger partial charge on any atom is -0.390 e. The lowest BCUT2D eigenvalue weighted by Gasteiger charge is -2.59. The smallest absolute Gasteiger partial charge is 0.102 e. The lowest BCUT2D eigenvalue weighted by molar-refractivity contribution is -0.127. The van der Waals surface area contributed by atoms with Gasteiger partial charge in [0.05, 0.1) is 31.5 Å². The maximum Gasteiger partial charge on any atom is 0.102 e. The molecule has 0 spiro atoms. The number of aliphatic hydroxyl groups excluding tert-OH is 1. The number of hydrogen-bond acceptors (Lipinski definition) is 4. The second kappa shape index (κ2) is 10.8. The molecule has 0 amide bonds. The topological polar surface area (TPSA) is 58.9 Å². The van der Waals surface area contributed by atoms with Gasteiger partial charge in [-0.1, -0.05) is 40.2 Å². The summed E-state index contributed by atoms with van der Waals surface area (Å²) in [5.41, 5.74) is 1.37. The summed E-state index contributed by atoms with van der Waals surface area (Å²) in [6, 6.07) is 0. The van der Waals surface area contributed by atoms with Gasteiger partial charge in [-0.2, -0.15) is 0 Å². The highest BCUT2D eigenvalue weighted by Gasteiger charge is 2.59. The third-order valence-electron chi connectivity index (χ3n) is 10.9. The molecular formula is C31H54O4. The van der Waals surface area contributed by atoms with Crippen molar-refractivity contribution in [3.05, 3.63) is 11.6 Å². The quantitative estimate of drug-likeness (QED) is 0.398. The minimum absolute atomic E-state index is 0.0398. The molecular weight excluding hydrogens is 436 g/mol. The van der Waals surface area contributed by atoms with E-state index in [9.17, 15) is 10.2 Å². The summed E-state index contributed by atoms with van der Waals surface area (Å²) in [7, 11) is 0. The van der Waals surface area contributed by atoms with E-state index in [0.717, 1.165) is 69.7 Å². The van der Waals surface area contributed by atoms with E-state index in [1.54, 1.807) is 0 Å². The zero-order valence-corrected chi connectivity index (χ0v) is 23.5. The first kappa shape index (κ1) is 27.6. The summed E-state index contributed by atoms with van der Waals surface area (Å²) >= 11 is 0. The SMILES string of the molecule is CC.CC(C)(O)CCCC1CCC2C3CC=C4C(O)C(OCC5COC5)CCC4(C)C3CCC12C. The molecule has 4 aliphatic carbocycles. The monoisotopic (exact) mass is 490 g/mol. The summed E-state index contributed by atoms with van der Waals surface area (Å²) in [4.78, 5) is 0. The molecule has 4 nitrogen and oxygen atoms in total. The van der Waals surface area contributed by atoms with Gasteiger partial charge in [0.1, 0.15) is 6.10 Å². The molecule has 2 N–H and O–H groups in total. The molecule has 202 valence electrons. The van der Waals surface area contributed by atoms with E-state index in [1.807, 2.05) is 27.7 Å². The third kappa shape index (κ3) is 5.29. The second-order valence-corrected chi connectivity index (χ2v) is 13.5. The van der Waals surface area contributed by atoms with E-state index in [2.05, 4.69) is 19.9 Å². The normalized spacial score (nSPS) is 43.1. The number of fused-ring (bicyclic) bond motifs is 5. The number of aliphatic hydroxyl groups is 2. The molecule has 1 aliphatic heterocycles. The van der Waals surface area contributed by atoms with E-state index in [1.165, 1.54) is 37.7 Å². The van der Waals surface area contributed by atoms with Crippen LogP contribution in [0.3, 0.4) is 0 Å². The van der Waals surface area contributed by atoms with Gasteiger partial charge in [-0.25, -0.2) is 0 Å². The Hall–Kier alpha value is -0.420. The van der Waals surface area contributed by atoms with Crippen molar-refractivity contribution in [3.63, 3.8) is 0 Å². The standard InChI is InChI=1S/C29H48O4.C2H6/c1-27(2,31)13-5-6-20-7-9-22-21-8-10-24-26(30)25(33-18-19-16-32-17-19)12-15-29(24,4)23(21)11-14-28(20,22)3;1-2/h10,19-23,25-26,30-31H,5-9,11-18H2,1-4H3;1-2H3. The average molecular weight is 491 g/mol. The highest BCUT2D eigenvalue weighted by Crippen LogP contribution is 2.66. The van der Waals surface area contributed by atoms with Gasteiger partial charge in [-0.15, -0.1) is 0 Å². The van der Waals surface area contributed by atoms with Crippen LogP contribution in [0.1, 0.15) is 106 Å². The van der Waals surface area contributed by atoms with Gasteiger partial charge < -0.3 is 19.7 Å². The zero-order valence-electron chi connectivity index (χ0n) is 23.5. The van der Waals surface area contributed by atoms with Crippen LogP contribution in [0.2, 0.25) is 0 Å². The Morgan fingerprint density at radius 2 is 1.80 bits per heavy atom. The number of hydrogen-bond donors (Lipinski definition) is 2. The lowest BCUT2D eigenvalue weighted by Crippen LogP contribution is -2.54. The molecule has 35 heavy (non-hydrogen) atoms. The van der Waals surface area contributed by atoms with Crippen LogP contribution in [0, 0.1) is 40.4 Å². The van der Waals surface area contributed by atoms with Crippen molar-refractivity contribution in [1.29, 1.82) is 0 Å². The van der Waals surface area contributed by atoms with Gasteiger partial charge in [0.2, 0.25) is 0 Å². The fourth-order valence-electron chi connectivity index (χ4n) is 8.89. The average Bonchev–Trinajstić information content (AvgIpc) is 3.11. The van der Waals surface area contributed by atoms with E-state index in [-0.39, 0.29) is 11.5 Å². The van der Waals surface area contributed by atoms with Gasteiger partial charge in [-0.3, -0.25) is 0 Å². The Bertz CT molecular complexity index is 737. The van der Waals surface area contributed by atoms with Crippen LogP contribution in [-0.4, -0.2) is 47.8 Å². The van der Waals surface area contributed by atoms with Crippen LogP contribution in [0.4, 0.5) is 0 Å². The summed E-state index contributed by atoms with van der Waals surface area (Å²) in [5, 5.41) is 21.5. The molecule has 1 heterocycles. The van der Waals surface area contributed by atoms with E-state index in [0.29, 0.717) is 17.3 Å². The van der Waals surface area contributed by atoms with Crippen LogP contribution in [0.5, 0.6) is 0 Å². The van der Waals surface area contributed by atoms with E-state index >= 15 is 0 Å². The Labute approximate surface area is 215 Å². The number of ether oxygens (including phenoxy) is 2. The lowest BCUT2D eigenvalue weighted by atomic mass is 9.47. The summed E-state index contributed by atoms with van der Waals surface area (Å²) in [6.07, 6.45) is 14.0. The first-order valence-electron chi connectivity index (χ1n) is 14.9. The Morgan fingerprint density at radius 3 is 2.46 bits per heavy atom. The molecule has 4 heteroatoms. The van der Waals surface area contributed by atoms with Gasteiger partial charge >= 0.3 is 0 Å². The second-order valence-electron chi connectivity index (χ2n) is 13.5. The molecule has 1 saturated heterocycles. The van der Waals surface area contributed by atoms with Crippen molar-refractivity contribution in [1.82, 2.24) is 0 Å². The van der Waals surface area contributed by atoms with Crippen molar-refractivity contribution < 1.29 is 19.7 Å². The maximum atomic E-state index is 11.3. The van der Waals surface area contributed by atoms with Crippen LogP contribution in [0.25, 0.3) is 0 Å². The summed E-state index contributed by atoms with van der Waals surface area (Å²) in [5.74, 6) is 3.64. The molecule has 5 rings (SSSR count). The fourth-order valence-corrected chi connectivity index (χ4v) is 8.89. The molecule has 0 aromatic carbocycles. The molecule has 0 aromatic heterocycles. The molecule has 5 aliphatic rings. The minimum atomic E-state index is -0.537. The Balaban J connectivity index is 0.00000141. The molecule has 0 aromatic rings. The highest BCUT2D eigenvalue weighted by molar-refractivity contribution is 5.29. The van der Waals surface area contributed by atoms with Crippen LogP contribution >= 0.6 is 0 Å². The molecule has 4 fully saturated rings. The zero-order chi connectivity index (χ0) is 25.4. The highest BCUT2D eigenvalue weighted by atomic mass is 16.5. The predicted octanol–water partition coefficient (Wildman–Crippen LogP) is 6.54. The number of allylic oxidation sites excluding steroid dienone is 1. The van der Waals surface area contributed by atoms with Crippen molar-refractivity contribution in [2.24, 2.45) is 40.4 Å². The maximum absolute atomic E-state index is 11.3. The summed E-state index contributed by atoms with van der Waals surface area (Å²) in [6.45, 7) is 15.3. The first-order valence-corrected chi connectivity index (χ1v) is 14.9. The third-order valence-corrected chi connectivity index (χ3v) is 10.9. The van der Waals surface area contributed by atoms with Crippen LogP contribution in [-0.2, 0) is 9.47 Å².